The van der Waals surface area contributed by atoms with Crippen LogP contribution in [-0.4, -0.2) is 45.8 Å². The topological polar surface area (TPSA) is 79.3 Å². The quantitative estimate of drug-likeness (QED) is 0.896. The van der Waals surface area contributed by atoms with Crippen LogP contribution in [0.1, 0.15) is 39.7 Å². The van der Waals surface area contributed by atoms with E-state index in [2.05, 4.69) is 29.6 Å². The van der Waals surface area contributed by atoms with Crippen LogP contribution in [0, 0.1) is 0 Å². The van der Waals surface area contributed by atoms with Gasteiger partial charge in [0.15, 0.2) is 0 Å². The summed E-state index contributed by atoms with van der Waals surface area (Å²) in [6.07, 6.45) is 3.27. The van der Waals surface area contributed by atoms with Crippen LogP contribution in [0.2, 0.25) is 0 Å². The Morgan fingerprint density at radius 2 is 2.16 bits per heavy atom. The second-order valence-corrected chi connectivity index (χ2v) is 6.75. The monoisotopic (exact) mass is 343 g/mol. The fourth-order valence-corrected chi connectivity index (χ4v) is 3.07. The van der Waals surface area contributed by atoms with Crippen LogP contribution in [-0.2, 0) is 4.79 Å². The second kappa shape index (κ2) is 7.13. The third-order valence-corrected chi connectivity index (χ3v) is 4.49. The van der Waals surface area contributed by atoms with Crippen LogP contribution in [0.15, 0.2) is 24.4 Å². The van der Waals surface area contributed by atoms with Crippen molar-refractivity contribution in [2.24, 2.45) is 0 Å². The summed E-state index contributed by atoms with van der Waals surface area (Å²) in [5, 5.41) is 11.3. The minimum atomic E-state index is -0.244. The Bertz CT molecular complexity index is 783. The number of amides is 3. The smallest absolute Gasteiger partial charge is 0.319 e. The predicted molar refractivity (Wildman–Crippen MR) is 97.5 cm³/mol. The third-order valence-electron chi connectivity index (χ3n) is 4.49. The largest absolute Gasteiger partial charge is 0.341 e. The number of likely N-dealkylation sites (tertiary alicyclic amines) is 1. The van der Waals surface area contributed by atoms with Gasteiger partial charge in [0.25, 0.3) is 0 Å². The van der Waals surface area contributed by atoms with Crippen LogP contribution in [0.4, 0.5) is 10.5 Å². The molecule has 25 heavy (non-hydrogen) atoms. The Morgan fingerprint density at radius 1 is 1.36 bits per heavy atom. The van der Waals surface area contributed by atoms with Crippen molar-refractivity contribution in [1.29, 1.82) is 0 Å². The molecular weight excluding hydrogens is 318 g/mol. The number of benzene rings is 1. The fourth-order valence-electron chi connectivity index (χ4n) is 3.07. The number of rotatable bonds is 4. The average Bonchev–Trinajstić information content (AvgIpc) is 3.20. The SMILES string of the molecule is CCC(=O)N1CC[C@H](NC(=O)Nc2ccc3nn(C(C)C)cc3c2)C1. The molecule has 2 aromatic rings. The Labute approximate surface area is 147 Å². The lowest BCUT2D eigenvalue weighted by atomic mass is 10.2. The number of hydrogen-bond acceptors (Lipinski definition) is 3. The number of anilines is 1. The second-order valence-electron chi connectivity index (χ2n) is 6.75. The number of nitrogens with zero attached hydrogens (tertiary/aromatic N) is 3. The van der Waals surface area contributed by atoms with E-state index in [-0.39, 0.29) is 18.0 Å². The average molecular weight is 343 g/mol. The van der Waals surface area contributed by atoms with Gasteiger partial charge in [-0.1, -0.05) is 6.92 Å². The van der Waals surface area contributed by atoms with Crippen LogP contribution >= 0.6 is 0 Å². The number of hydrogen-bond donors (Lipinski definition) is 2. The van der Waals surface area contributed by atoms with Gasteiger partial charge in [-0.3, -0.25) is 9.48 Å². The molecule has 1 aromatic heterocycles. The molecule has 0 spiro atoms. The van der Waals surface area contributed by atoms with Gasteiger partial charge in [-0.2, -0.15) is 5.10 Å². The Morgan fingerprint density at radius 3 is 2.88 bits per heavy atom. The highest BCUT2D eigenvalue weighted by molar-refractivity contribution is 5.92. The highest BCUT2D eigenvalue weighted by Crippen LogP contribution is 2.20. The number of carbonyl (C=O) groups is 2. The van der Waals surface area contributed by atoms with Crippen molar-refractivity contribution < 1.29 is 9.59 Å². The summed E-state index contributed by atoms with van der Waals surface area (Å²) in [6, 6.07) is 5.72. The maximum Gasteiger partial charge on any atom is 0.319 e. The summed E-state index contributed by atoms with van der Waals surface area (Å²) in [7, 11) is 0. The van der Waals surface area contributed by atoms with E-state index >= 15 is 0 Å². The molecule has 7 nitrogen and oxygen atoms in total. The van der Waals surface area contributed by atoms with E-state index < -0.39 is 0 Å². The first kappa shape index (κ1) is 17.3. The number of carbonyl (C=O) groups excluding carboxylic acids is 2. The van der Waals surface area contributed by atoms with E-state index in [1.54, 1.807) is 4.90 Å². The zero-order chi connectivity index (χ0) is 18.0. The number of urea groups is 1. The molecule has 0 radical (unpaired) electrons. The van der Waals surface area contributed by atoms with Gasteiger partial charge >= 0.3 is 6.03 Å². The molecule has 0 bridgehead atoms. The van der Waals surface area contributed by atoms with Gasteiger partial charge in [0.2, 0.25) is 5.91 Å². The summed E-state index contributed by atoms with van der Waals surface area (Å²) in [4.78, 5) is 25.7. The summed E-state index contributed by atoms with van der Waals surface area (Å²) in [5.74, 6) is 0.136. The highest BCUT2D eigenvalue weighted by Gasteiger charge is 2.26. The van der Waals surface area contributed by atoms with E-state index in [0.717, 1.165) is 23.0 Å². The zero-order valence-electron chi connectivity index (χ0n) is 15.0. The van der Waals surface area contributed by atoms with Crippen molar-refractivity contribution in [3.8, 4) is 0 Å². The zero-order valence-corrected chi connectivity index (χ0v) is 15.0. The van der Waals surface area contributed by atoms with Gasteiger partial charge in [-0.15, -0.1) is 0 Å². The van der Waals surface area contributed by atoms with Crippen molar-refractivity contribution in [3.63, 3.8) is 0 Å². The van der Waals surface area contributed by atoms with Crippen LogP contribution < -0.4 is 10.6 Å². The normalized spacial score (nSPS) is 17.3. The van der Waals surface area contributed by atoms with Gasteiger partial charge < -0.3 is 15.5 Å². The first-order valence-corrected chi connectivity index (χ1v) is 8.80. The lowest BCUT2D eigenvalue weighted by Crippen LogP contribution is -2.40. The van der Waals surface area contributed by atoms with Gasteiger partial charge in [0, 0.05) is 48.9 Å². The molecule has 0 unspecified atom stereocenters. The van der Waals surface area contributed by atoms with Gasteiger partial charge in [0.05, 0.1) is 5.52 Å². The molecule has 0 aliphatic carbocycles. The lowest BCUT2D eigenvalue weighted by molar-refractivity contribution is -0.129. The molecule has 2 N–H and O–H groups in total. The summed E-state index contributed by atoms with van der Waals surface area (Å²) in [5.41, 5.74) is 1.64. The van der Waals surface area contributed by atoms with Crippen LogP contribution in [0.5, 0.6) is 0 Å². The minimum absolute atomic E-state index is 0.00271. The molecule has 0 saturated carbocycles. The van der Waals surface area contributed by atoms with Crippen LogP contribution in [0.3, 0.4) is 0 Å². The predicted octanol–water partition coefficient (Wildman–Crippen LogP) is 2.75. The fraction of sp³-hybridized carbons (Fsp3) is 0.500. The van der Waals surface area contributed by atoms with Gasteiger partial charge in [0.1, 0.15) is 0 Å². The van der Waals surface area contributed by atoms with Crippen molar-refractivity contribution in [1.82, 2.24) is 20.0 Å². The molecule has 1 aromatic carbocycles. The Hall–Kier alpha value is -2.57. The molecule has 1 saturated heterocycles. The molecule has 1 fully saturated rings. The molecular formula is C18H25N5O2. The molecule has 3 amide bonds. The molecule has 1 aliphatic heterocycles. The van der Waals surface area contributed by atoms with Crippen molar-refractivity contribution >= 4 is 28.5 Å². The molecule has 134 valence electrons. The molecule has 1 atom stereocenters. The first-order valence-electron chi connectivity index (χ1n) is 8.80. The van der Waals surface area contributed by atoms with E-state index in [0.29, 0.717) is 25.6 Å². The van der Waals surface area contributed by atoms with Crippen molar-refractivity contribution in [2.75, 3.05) is 18.4 Å². The lowest BCUT2D eigenvalue weighted by Gasteiger charge is -2.16. The number of fused-ring (bicyclic) bond motifs is 1. The summed E-state index contributed by atoms with van der Waals surface area (Å²) >= 11 is 0. The highest BCUT2D eigenvalue weighted by atomic mass is 16.2. The van der Waals surface area contributed by atoms with E-state index in [9.17, 15) is 9.59 Å². The van der Waals surface area contributed by atoms with Gasteiger partial charge in [-0.05, 0) is 38.5 Å². The van der Waals surface area contributed by atoms with Crippen molar-refractivity contribution in [2.45, 2.75) is 45.7 Å². The van der Waals surface area contributed by atoms with E-state index in [4.69, 9.17) is 0 Å². The number of nitrogens with one attached hydrogen (secondary N) is 2. The minimum Gasteiger partial charge on any atom is -0.341 e. The molecule has 2 heterocycles. The van der Waals surface area contributed by atoms with E-state index in [1.807, 2.05) is 36.0 Å². The van der Waals surface area contributed by atoms with Crippen molar-refractivity contribution in [3.05, 3.63) is 24.4 Å². The number of aromatic nitrogens is 2. The van der Waals surface area contributed by atoms with Gasteiger partial charge in [-0.25, -0.2) is 4.79 Å². The van der Waals surface area contributed by atoms with E-state index in [1.165, 1.54) is 0 Å². The first-order chi connectivity index (χ1) is 12.0. The molecule has 7 heteroatoms. The maximum absolute atomic E-state index is 12.2. The summed E-state index contributed by atoms with van der Waals surface area (Å²) < 4.78 is 1.91. The third kappa shape index (κ3) is 3.92. The maximum atomic E-state index is 12.2. The Balaban J connectivity index is 1.59. The molecule has 3 rings (SSSR count). The Kier molecular flexibility index (Phi) is 4.92. The summed E-state index contributed by atoms with van der Waals surface area (Å²) in [6.45, 7) is 7.30. The van der Waals surface area contributed by atoms with Crippen LogP contribution in [0.25, 0.3) is 10.9 Å². The molecule has 1 aliphatic rings. The standard InChI is InChI=1S/C18H25N5O2/c1-4-17(24)22-8-7-15(11-22)20-18(25)19-14-5-6-16-13(9-14)10-23(21-16)12(2)3/h5-6,9-10,12,15H,4,7-8,11H2,1-3H3,(H2,19,20,25)/t15-/m0/s1.